The largest absolute Gasteiger partial charge is 0.338 e. The van der Waals surface area contributed by atoms with E-state index in [1.54, 1.807) is 17.5 Å². The second-order valence-corrected chi connectivity index (χ2v) is 4.37. The van der Waals surface area contributed by atoms with Crippen LogP contribution in [-0.4, -0.2) is 9.55 Å². The molecular formula is C10H14N4S. The molecule has 0 radical (unpaired) electrons. The number of aryl methyl sites for hydroxylation is 1. The van der Waals surface area contributed by atoms with Crippen LogP contribution >= 0.6 is 11.3 Å². The standard InChI is InChI=1S/C10H14N4S/c1-14-5-4-12-10(14)7-8(13-11)9-3-2-6-15-9/h2-6,8,13H,7,11H2,1H3. The molecule has 0 bridgehead atoms. The van der Waals surface area contributed by atoms with Crippen molar-refractivity contribution in [1.82, 2.24) is 15.0 Å². The molecule has 0 amide bonds. The third-order valence-electron chi connectivity index (χ3n) is 2.40. The van der Waals surface area contributed by atoms with Crippen molar-refractivity contribution in [3.05, 3.63) is 40.6 Å². The molecule has 0 aromatic carbocycles. The Hall–Kier alpha value is -1.17. The van der Waals surface area contributed by atoms with Gasteiger partial charge >= 0.3 is 0 Å². The highest BCUT2D eigenvalue weighted by Crippen LogP contribution is 2.21. The number of nitrogens with one attached hydrogen (secondary N) is 1. The summed E-state index contributed by atoms with van der Waals surface area (Å²) in [6.07, 6.45) is 4.55. The molecule has 0 aliphatic rings. The van der Waals surface area contributed by atoms with Crippen molar-refractivity contribution >= 4 is 11.3 Å². The van der Waals surface area contributed by atoms with Gasteiger partial charge in [-0.15, -0.1) is 11.3 Å². The molecule has 4 nitrogen and oxygen atoms in total. The van der Waals surface area contributed by atoms with E-state index in [0.29, 0.717) is 0 Å². The van der Waals surface area contributed by atoms with E-state index in [2.05, 4.69) is 21.9 Å². The lowest BCUT2D eigenvalue weighted by Crippen LogP contribution is -2.29. The van der Waals surface area contributed by atoms with Crippen LogP contribution in [0.25, 0.3) is 0 Å². The molecule has 0 aliphatic carbocycles. The van der Waals surface area contributed by atoms with Crippen molar-refractivity contribution in [3.63, 3.8) is 0 Å². The Morgan fingerprint density at radius 3 is 3.07 bits per heavy atom. The van der Waals surface area contributed by atoms with E-state index < -0.39 is 0 Å². The molecular weight excluding hydrogens is 208 g/mol. The fourth-order valence-electron chi connectivity index (χ4n) is 1.51. The van der Waals surface area contributed by atoms with Crippen molar-refractivity contribution < 1.29 is 0 Å². The van der Waals surface area contributed by atoms with Gasteiger partial charge in [-0.3, -0.25) is 11.3 Å². The van der Waals surface area contributed by atoms with Gasteiger partial charge in [0, 0.05) is 30.7 Å². The number of hydrogen-bond acceptors (Lipinski definition) is 4. The zero-order valence-electron chi connectivity index (χ0n) is 8.55. The maximum Gasteiger partial charge on any atom is 0.110 e. The highest BCUT2D eigenvalue weighted by Gasteiger charge is 2.13. The maximum absolute atomic E-state index is 5.55. The molecule has 2 aromatic rings. The van der Waals surface area contributed by atoms with Gasteiger partial charge in [0.2, 0.25) is 0 Å². The fraction of sp³-hybridized carbons (Fsp3) is 0.300. The molecule has 1 unspecified atom stereocenters. The Labute approximate surface area is 92.7 Å². The first-order chi connectivity index (χ1) is 7.31. The summed E-state index contributed by atoms with van der Waals surface area (Å²) < 4.78 is 2.01. The maximum atomic E-state index is 5.55. The number of rotatable bonds is 4. The van der Waals surface area contributed by atoms with Crippen molar-refractivity contribution in [2.45, 2.75) is 12.5 Å². The van der Waals surface area contributed by atoms with E-state index in [0.717, 1.165) is 12.2 Å². The predicted molar refractivity (Wildman–Crippen MR) is 61.3 cm³/mol. The van der Waals surface area contributed by atoms with Crippen LogP contribution in [-0.2, 0) is 13.5 Å². The number of thiophene rings is 1. The normalized spacial score (nSPS) is 12.9. The average molecular weight is 222 g/mol. The first-order valence-electron chi connectivity index (χ1n) is 4.77. The summed E-state index contributed by atoms with van der Waals surface area (Å²) in [5.74, 6) is 6.58. The number of hydrazine groups is 1. The van der Waals surface area contributed by atoms with Gasteiger partial charge < -0.3 is 4.57 Å². The lowest BCUT2D eigenvalue weighted by atomic mass is 10.2. The topological polar surface area (TPSA) is 55.9 Å². The van der Waals surface area contributed by atoms with Gasteiger partial charge in [-0.25, -0.2) is 4.98 Å². The molecule has 5 heteroatoms. The Morgan fingerprint density at radius 1 is 1.67 bits per heavy atom. The molecule has 80 valence electrons. The minimum absolute atomic E-state index is 0.145. The number of hydrogen-bond donors (Lipinski definition) is 2. The monoisotopic (exact) mass is 222 g/mol. The summed E-state index contributed by atoms with van der Waals surface area (Å²) in [6.45, 7) is 0. The molecule has 15 heavy (non-hydrogen) atoms. The van der Waals surface area contributed by atoms with Crippen LogP contribution in [0.15, 0.2) is 29.9 Å². The first kappa shape index (κ1) is 10.4. The SMILES string of the molecule is Cn1ccnc1CC(NN)c1cccs1. The van der Waals surface area contributed by atoms with Crippen LogP contribution in [0, 0.1) is 0 Å². The molecule has 3 N–H and O–H groups in total. The van der Waals surface area contributed by atoms with E-state index in [-0.39, 0.29) is 6.04 Å². The second kappa shape index (κ2) is 4.57. The third kappa shape index (κ3) is 2.26. The summed E-state index contributed by atoms with van der Waals surface area (Å²) in [6, 6.07) is 4.26. The third-order valence-corrected chi connectivity index (χ3v) is 3.38. The van der Waals surface area contributed by atoms with Gasteiger partial charge in [0.15, 0.2) is 0 Å². The fourth-order valence-corrected chi connectivity index (χ4v) is 2.29. The molecule has 0 aliphatic heterocycles. The average Bonchev–Trinajstić information content (AvgIpc) is 2.86. The Bertz CT molecular complexity index is 407. The van der Waals surface area contributed by atoms with Crippen molar-refractivity contribution in [1.29, 1.82) is 0 Å². The van der Waals surface area contributed by atoms with Gasteiger partial charge in [-0.1, -0.05) is 6.07 Å². The van der Waals surface area contributed by atoms with E-state index in [9.17, 15) is 0 Å². The van der Waals surface area contributed by atoms with Crippen molar-refractivity contribution in [2.75, 3.05) is 0 Å². The predicted octanol–water partition coefficient (Wildman–Crippen LogP) is 1.23. The quantitative estimate of drug-likeness (QED) is 0.604. The molecule has 0 spiro atoms. The Morgan fingerprint density at radius 2 is 2.53 bits per heavy atom. The smallest absolute Gasteiger partial charge is 0.110 e. The van der Waals surface area contributed by atoms with Crippen molar-refractivity contribution in [2.24, 2.45) is 12.9 Å². The molecule has 2 rings (SSSR count). The summed E-state index contributed by atoms with van der Waals surface area (Å²) in [7, 11) is 1.99. The molecule has 0 fully saturated rings. The van der Waals surface area contributed by atoms with E-state index in [1.165, 1.54) is 4.88 Å². The van der Waals surface area contributed by atoms with Crippen molar-refractivity contribution in [3.8, 4) is 0 Å². The van der Waals surface area contributed by atoms with Crippen LogP contribution < -0.4 is 11.3 Å². The zero-order chi connectivity index (χ0) is 10.7. The molecule has 0 saturated heterocycles. The number of nitrogens with zero attached hydrogens (tertiary/aromatic N) is 2. The van der Waals surface area contributed by atoms with Crippen LogP contribution in [0.5, 0.6) is 0 Å². The number of imidazole rings is 1. The number of aromatic nitrogens is 2. The molecule has 1 atom stereocenters. The van der Waals surface area contributed by atoms with Crippen LogP contribution in [0.1, 0.15) is 16.7 Å². The van der Waals surface area contributed by atoms with Crippen LogP contribution in [0.2, 0.25) is 0 Å². The number of nitrogens with two attached hydrogens (primary N) is 1. The van der Waals surface area contributed by atoms with Gasteiger partial charge in [-0.2, -0.15) is 0 Å². The zero-order valence-corrected chi connectivity index (χ0v) is 9.37. The highest BCUT2D eigenvalue weighted by molar-refractivity contribution is 7.10. The summed E-state index contributed by atoms with van der Waals surface area (Å²) >= 11 is 1.70. The van der Waals surface area contributed by atoms with E-state index in [4.69, 9.17) is 5.84 Å². The lowest BCUT2D eigenvalue weighted by Gasteiger charge is -2.13. The molecule has 0 saturated carbocycles. The minimum atomic E-state index is 0.145. The van der Waals surface area contributed by atoms with Gasteiger partial charge in [-0.05, 0) is 11.4 Å². The Kier molecular flexibility index (Phi) is 3.15. The lowest BCUT2D eigenvalue weighted by molar-refractivity contribution is 0.538. The van der Waals surface area contributed by atoms with Gasteiger partial charge in [0.25, 0.3) is 0 Å². The highest BCUT2D eigenvalue weighted by atomic mass is 32.1. The summed E-state index contributed by atoms with van der Waals surface area (Å²) in [4.78, 5) is 5.52. The molecule has 2 aromatic heterocycles. The summed E-state index contributed by atoms with van der Waals surface area (Å²) in [5.41, 5.74) is 2.83. The van der Waals surface area contributed by atoms with Crippen LogP contribution in [0.4, 0.5) is 0 Å². The molecule has 2 heterocycles. The van der Waals surface area contributed by atoms with Gasteiger partial charge in [0.1, 0.15) is 5.82 Å². The van der Waals surface area contributed by atoms with Crippen LogP contribution in [0.3, 0.4) is 0 Å². The van der Waals surface area contributed by atoms with Gasteiger partial charge in [0.05, 0.1) is 6.04 Å². The Balaban J connectivity index is 2.13. The minimum Gasteiger partial charge on any atom is -0.338 e. The second-order valence-electron chi connectivity index (χ2n) is 3.39. The summed E-state index contributed by atoms with van der Waals surface area (Å²) in [5, 5.41) is 2.05. The van der Waals surface area contributed by atoms with E-state index >= 15 is 0 Å². The first-order valence-corrected chi connectivity index (χ1v) is 5.65. The van der Waals surface area contributed by atoms with E-state index in [1.807, 2.05) is 23.9 Å².